The van der Waals surface area contributed by atoms with Gasteiger partial charge in [-0.2, -0.15) is 0 Å². The van der Waals surface area contributed by atoms with Gasteiger partial charge in [0.1, 0.15) is 29.3 Å². The summed E-state index contributed by atoms with van der Waals surface area (Å²) in [5.41, 5.74) is 1.68. The van der Waals surface area contributed by atoms with Crippen LogP contribution in [0.3, 0.4) is 0 Å². The molecule has 1 heterocycles. The largest absolute Gasteiger partial charge is 0.396 e. The Bertz CT molecular complexity index is 980. The molecule has 0 fully saturated rings. The van der Waals surface area contributed by atoms with Gasteiger partial charge in [-0.15, -0.1) is 0 Å². The van der Waals surface area contributed by atoms with Crippen LogP contribution in [0.15, 0.2) is 60.0 Å². The zero-order chi connectivity index (χ0) is 23.3. The molecule has 2 N–H and O–H groups in total. The Labute approximate surface area is 185 Å². The van der Waals surface area contributed by atoms with Crippen LogP contribution in [0.5, 0.6) is 0 Å². The van der Waals surface area contributed by atoms with Crippen molar-refractivity contribution in [3.05, 3.63) is 82.8 Å². The van der Waals surface area contributed by atoms with Crippen molar-refractivity contribution in [2.75, 3.05) is 27.2 Å². The van der Waals surface area contributed by atoms with Gasteiger partial charge in [0.25, 0.3) is 5.91 Å². The highest BCUT2D eigenvalue weighted by atomic mass is 19.1. The zero-order valence-electron chi connectivity index (χ0n) is 18.0. The maximum Gasteiger partial charge on any atom is 0.273 e. The van der Waals surface area contributed by atoms with Gasteiger partial charge in [-0.25, -0.2) is 8.78 Å². The van der Waals surface area contributed by atoms with Crippen LogP contribution in [0.2, 0.25) is 0 Å². The number of aliphatic hydroxyl groups is 1. The number of carbonyl (C=O) groups excluding carboxylic acids is 2. The number of hydrogen-bond acceptors (Lipinski definition) is 5. The van der Waals surface area contributed by atoms with E-state index in [4.69, 9.17) is 5.11 Å². The van der Waals surface area contributed by atoms with E-state index in [1.54, 1.807) is 36.2 Å². The van der Waals surface area contributed by atoms with Crippen LogP contribution >= 0.6 is 0 Å². The van der Waals surface area contributed by atoms with Crippen LogP contribution in [0.4, 0.5) is 8.78 Å². The fourth-order valence-electron chi connectivity index (χ4n) is 3.54. The molecule has 1 atom stereocenters. The topological polar surface area (TPSA) is 76.1 Å². The second-order valence-electron chi connectivity index (χ2n) is 7.57. The van der Waals surface area contributed by atoms with Gasteiger partial charge in [-0.1, -0.05) is 24.3 Å². The van der Waals surface area contributed by atoms with Crippen molar-refractivity contribution >= 4 is 12.3 Å². The smallest absolute Gasteiger partial charge is 0.273 e. The summed E-state index contributed by atoms with van der Waals surface area (Å²) in [6, 6.07) is 11.8. The molecule has 7 nitrogen and oxygen atoms in total. The second kappa shape index (κ2) is 10.2. The summed E-state index contributed by atoms with van der Waals surface area (Å²) in [7, 11) is 3.14. The molecule has 170 valence electrons. The minimum absolute atomic E-state index is 0.0620. The number of likely N-dealkylation sites (N-methyl/N-ethyl adjacent to an activating group) is 1. The van der Waals surface area contributed by atoms with Gasteiger partial charge in [0.05, 0.1) is 0 Å². The molecule has 0 spiro atoms. The number of nitrogens with zero attached hydrogens (tertiary/aromatic N) is 3. The average Bonchev–Trinajstić information content (AvgIpc) is 3.17. The standard InChI is InChI=1S/C23H26F2N4O3/c1-27(12-3-13-30)23(32)20-22(28(2)15-31)26-21(17-6-10-19(25)11-7-17)29(20)14-16-4-8-18(24)9-5-16/h4-11,15,21,26,30H,3,12-14H2,1-2H3. The Morgan fingerprint density at radius 2 is 1.69 bits per heavy atom. The van der Waals surface area contributed by atoms with E-state index in [2.05, 4.69) is 5.32 Å². The van der Waals surface area contributed by atoms with Gasteiger partial charge in [0.2, 0.25) is 6.41 Å². The molecule has 2 aromatic carbocycles. The van der Waals surface area contributed by atoms with Gasteiger partial charge < -0.3 is 25.1 Å². The molecule has 2 amide bonds. The van der Waals surface area contributed by atoms with E-state index in [0.29, 0.717) is 30.8 Å². The molecular weight excluding hydrogens is 418 g/mol. The third kappa shape index (κ3) is 5.05. The van der Waals surface area contributed by atoms with E-state index in [-0.39, 0.29) is 30.6 Å². The normalized spacial score (nSPS) is 15.5. The van der Waals surface area contributed by atoms with Crippen LogP contribution in [-0.2, 0) is 16.1 Å². The lowest BCUT2D eigenvalue weighted by Gasteiger charge is -2.30. The zero-order valence-corrected chi connectivity index (χ0v) is 18.0. The van der Waals surface area contributed by atoms with E-state index in [1.807, 2.05) is 0 Å². The molecule has 1 aliphatic rings. The first-order chi connectivity index (χ1) is 15.3. The van der Waals surface area contributed by atoms with Gasteiger partial charge in [0.15, 0.2) is 0 Å². The van der Waals surface area contributed by atoms with Crippen LogP contribution < -0.4 is 5.32 Å². The average molecular weight is 444 g/mol. The number of halogens is 2. The molecule has 0 aromatic heterocycles. The highest BCUT2D eigenvalue weighted by Gasteiger charge is 2.39. The lowest BCUT2D eigenvalue weighted by atomic mass is 10.1. The number of nitrogens with one attached hydrogen (secondary N) is 1. The van der Waals surface area contributed by atoms with Gasteiger partial charge in [0, 0.05) is 33.8 Å². The summed E-state index contributed by atoms with van der Waals surface area (Å²) >= 11 is 0. The van der Waals surface area contributed by atoms with Crippen LogP contribution in [0.1, 0.15) is 23.7 Å². The summed E-state index contributed by atoms with van der Waals surface area (Å²) < 4.78 is 27.0. The van der Waals surface area contributed by atoms with Crippen molar-refractivity contribution in [1.29, 1.82) is 0 Å². The summed E-state index contributed by atoms with van der Waals surface area (Å²) in [4.78, 5) is 29.5. The van der Waals surface area contributed by atoms with Crippen LogP contribution in [0, 0.1) is 11.6 Å². The van der Waals surface area contributed by atoms with Crippen LogP contribution in [0.25, 0.3) is 0 Å². The Morgan fingerprint density at radius 3 is 2.25 bits per heavy atom. The molecule has 0 radical (unpaired) electrons. The van der Waals surface area contributed by atoms with Gasteiger partial charge in [-0.3, -0.25) is 9.59 Å². The first-order valence-electron chi connectivity index (χ1n) is 10.2. The highest BCUT2D eigenvalue weighted by molar-refractivity contribution is 5.94. The fraction of sp³-hybridized carbons (Fsp3) is 0.304. The third-order valence-electron chi connectivity index (χ3n) is 5.26. The summed E-state index contributed by atoms with van der Waals surface area (Å²) in [6.45, 7) is 0.496. The van der Waals surface area contributed by atoms with E-state index in [9.17, 15) is 18.4 Å². The molecule has 2 aromatic rings. The quantitative estimate of drug-likeness (QED) is 0.580. The Morgan fingerprint density at radius 1 is 1.09 bits per heavy atom. The minimum Gasteiger partial charge on any atom is -0.396 e. The van der Waals surface area contributed by atoms with Crippen molar-refractivity contribution in [2.24, 2.45) is 0 Å². The Kier molecular flexibility index (Phi) is 7.42. The SMILES string of the molecule is CN(C=O)C1=C(C(=O)N(C)CCCO)N(Cc2ccc(F)cc2)C(c2ccc(F)cc2)N1. The molecule has 0 bridgehead atoms. The minimum atomic E-state index is -0.566. The number of hydrogen-bond donors (Lipinski definition) is 2. The van der Waals surface area contributed by atoms with Gasteiger partial charge >= 0.3 is 0 Å². The second-order valence-corrected chi connectivity index (χ2v) is 7.57. The van der Waals surface area contributed by atoms with Crippen molar-refractivity contribution in [3.63, 3.8) is 0 Å². The number of amides is 2. The molecule has 32 heavy (non-hydrogen) atoms. The van der Waals surface area contributed by atoms with Crippen molar-refractivity contribution in [2.45, 2.75) is 19.1 Å². The van der Waals surface area contributed by atoms with E-state index in [1.165, 1.54) is 41.1 Å². The van der Waals surface area contributed by atoms with Crippen molar-refractivity contribution in [1.82, 2.24) is 20.0 Å². The monoisotopic (exact) mass is 444 g/mol. The third-order valence-corrected chi connectivity index (χ3v) is 5.26. The van der Waals surface area contributed by atoms with Crippen LogP contribution in [-0.4, -0.2) is 59.4 Å². The summed E-state index contributed by atoms with van der Waals surface area (Å²) in [5.74, 6) is -0.811. The van der Waals surface area contributed by atoms with E-state index >= 15 is 0 Å². The fourth-order valence-corrected chi connectivity index (χ4v) is 3.54. The van der Waals surface area contributed by atoms with E-state index < -0.39 is 12.0 Å². The summed E-state index contributed by atoms with van der Waals surface area (Å²) in [6.07, 6.45) is 0.427. The Balaban J connectivity index is 2.06. The molecular formula is C23H26F2N4O3. The molecule has 0 saturated carbocycles. The molecule has 0 saturated heterocycles. The summed E-state index contributed by atoms with van der Waals surface area (Å²) in [5, 5.41) is 12.3. The molecule has 9 heteroatoms. The predicted octanol–water partition coefficient (Wildman–Crippen LogP) is 2.17. The number of rotatable bonds is 9. The first-order valence-corrected chi connectivity index (χ1v) is 10.2. The maximum atomic E-state index is 13.5. The first kappa shape index (κ1) is 23.2. The molecule has 1 aliphatic heterocycles. The highest BCUT2D eigenvalue weighted by Crippen LogP contribution is 2.34. The predicted molar refractivity (Wildman–Crippen MR) is 114 cm³/mol. The molecule has 0 aliphatic carbocycles. The Hall–Kier alpha value is -3.46. The molecule has 1 unspecified atom stereocenters. The number of benzene rings is 2. The number of carbonyl (C=O) groups is 2. The molecule has 3 rings (SSSR count). The van der Waals surface area contributed by atoms with Gasteiger partial charge in [-0.05, 0) is 41.8 Å². The van der Waals surface area contributed by atoms with Crippen molar-refractivity contribution < 1.29 is 23.5 Å². The number of aliphatic hydroxyl groups excluding tert-OH is 1. The lowest BCUT2D eigenvalue weighted by molar-refractivity contribution is -0.128. The lowest BCUT2D eigenvalue weighted by Crippen LogP contribution is -2.37. The van der Waals surface area contributed by atoms with E-state index in [0.717, 1.165) is 5.56 Å². The maximum absolute atomic E-state index is 13.5. The van der Waals surface area contributed by atoms with Crippen molar-refractivity contribution in [3.8, 4) is 0 Å².